The molecule has 3 rings (SSSR count). The van der Waals surface area contributed by atoms with Crippen molar-refractivity contribution in [3.63, 3.8) is 0 Å². The van der Waals surface area contributed by atoms with Gasteiger partial charge in [0.2, 0.25) is 0 Å². The third kappa shape index (κ3) is 5.70. The number of hydrogen-bond donors (Lipinski definition) is 0. The van der Waals surface area contributed by atoms with Gasteiger partial charge < -0.3 is 4.74 Å². The number of carbonyl (C=O) groups is 1. The number of unbranched alkanes of at least 4 members (excludes halogenated alkanes) is 3. The van der Waals surface area contributed by atoms with Crippen LogP contribution in [0.2, 0.25) is 0 Å². The van der Waals surface area contributed by atoms with Gasteiger partial charge in [0.1, 0.15) is 5.75 Å². The lowest BCUT2D eigenvalue weighted by Gasteiger charge is -2.25. The van der Waals surface area contributed by atoms with Crippen LogP contribution in [0.1, 0.15) is 76.3 Å². The first-order valence-corrected chi connectivity index (χ1v) is 11.1. The molecule has 28 heavy (non-hydrogen) atoms. The maximum atomic E-state index is 11.8. The summed E-state index contributed by atoms with van der Waals surface area (Å²) in [7, 11) is 0. The van der Waals surface area contributed by atoms with Gasteiger partial charge in [0.15, 0.2) is 0 Å². The standard InChI is InChI=1S/C26H34O2/c1-3-5-7-8-20-10-11-24-19-23(13-12-22(24)18-20)21-14-16-25(17-15-21)28-26(27)9-6-4-2/h12-17,19-20H,3-11,18H2,1-2H3. The van der Waals surface area contributed by atoms with Gasteiger partial charge in [-0.2, -0.15) is 0 Å². The molecule has 1 aliphatic rings. The Bertz CT molecular complexity index is 761. The number of carbonyl (C=O) groups excluding carboxylic acids is 1. The first-order chi connectivity index (χ1) is 13.7. The molecule has 2 aromatic rings. The second-order valence-corrected chi connectivity index (χ2v) is 8.19. The minimum Gasteiger partial charge on any atom is -0.427 e. The zero-order chi connectivity index (χ0) is 19.8. The Morgan fingerprint density at radius 2 is 1.68 bits per heavy atom. The molecule has 1 unspecified atom stereocenters. The van der Waals surface area contributed by atoms with E-state index in [4.69, 9.17) is 4.74 Å². The Morgan fingerprint density at radius 1 is 0.929 bits per heavy atom. The maximum Gasteiger partial charge on any atom is 0.311 e. The third-order valence-electron chi connectivity index (χ3n) is 5.91. The van der Waals surface area contributed by atoms with Crippen molar-refractivity contribution in [2.24, 2.45) is 5.92 Å². The molecule has 2 nitrogen and oxygen atoms in total. The first kappa shape index (κ1) is 20.6. The molecule has 0 saturated carbocycles. The van der Waals surface area contributed by atoms with Crippen molar-refractivity contribution in [2.75, 3.05) is 0 Å². The van der Waals surface area contributed by atoms with E-state index in [0.29, 0.717) is 12.2 Å². The van der Waals surface area contributed by atoms with Crippen LogP contribution in [0.5, 0.6) is 5.75 Å². The fraction of sp³-hybridized carbons (Fsp3) is 0.500. The maximum absolute atomic E-state index is 11.8. The number of benzene rings is 2. The summed E-state index contributed by atoms with van der Waals surface area (Å²) in [6.07, 6.45) is 11.6. The lowest BCUT2D eigenvalue weighted by Crippen LogP contribution is -2.14. The molecular formula is C26H34O2. The van der Waals surface area contributed by atoms with E-state index in [-0.39, 0.29) is 5.97 Å². The molecule has 0 saturated heterocycles. The molecule has 2 heteroatoms. The molecule has 0 N–H and O–H groups in total. The summed E-state index contributed by atoms with van der Waals surface area (Å²) in [6, 6.07) is 14.9. The largest absolute Gasteiger partial charge is 0.427 e. The summed E-state index contributed by atoms with van der Waals surface area (Å²) in [5.74, 6) is 1.36. The van der Waals surface area contributed by atoms with Crippen LogP contribution in [0.15, 0.2) is 42.5 Å². The van der Waals surface area contributed by atoms with E-state index >= 15 is 0 Å². The van der Waals surface area contributed by atoms with E-state index in [1.807, 2.05) is 12.1 Å². The summed E-state index contributed by atoms with van der Waals surface area (Å²) in [5, 5.41) is 0. The van der Waals surface area contributed by atoms with Crippen LogP contribution in [0.25, 0.3) is 11.1 Å². The van der Waals surface area contributed by atoms with Crippen molar-refractivity contribution < 1.29 is 9.53 Å². The zero-order valence-electron chi connectivity index (χ0n) is 17.5. The van der Waals surface area contributed by atoms with Gasteiger partial charge in [-0.05, 0) is 66.0 Å². The van der Waals surface area contributed by atoms with E-state index in [1.54, 1.807) is 0 Å². The fourth-order valence-corrected chi connectivity index (χ4v) is 4.16. The average molecular weight is 379 g/mol. The van der Waals surface area contributed by atoms with E-state index in [9.17, 15) is 4.79 Å². The van der Waals surface area contributed by atoms with Gasteiger partial charge in [0.25, 0.3) is 0 Å². The monoisotopic (exact) mass is 378 g/mol. The van der Waals surface area contributed by atoms with Gasteiger partial charge in [-0.15, -0.1) is 0 Å². The Kier molecular flexibility index (Phi) is 7.71. The van der Waals surface area contributed by atoms with Gasteiger partial charge in [0, 0.05) is 6.42 Å². The second kappa shape index (κ2) is 10.5. The summed E-state index contributed by atoms with van der Waals surface area (Å²) in [5.41, 5.74) is 5.49. The Morgan fingerprint density at radius 3 is 2.43 bits per heavy atom. The number of hydrogen-bond acceptors (Lipinski definition) is 2. The number of esters is 1. The molecule has 0 fully saturated rings. The second-order valence-electron chi connectivity index (χ2n) is 8.19. The molecule has 0 aromatic heterocycles. The quantitative estimate of drug-likeness (QED) is 0.263. The lowest BCUT2D eigenvalue weighted by atomic mass is 9.80. The summed E-state index contributed by atoms with van der Waals surface area (Å²) in [6.45, 7) is 4.36. The molecule has 0 heterocycles. The van der Waals surface area contributed by atoms with E-state index in [2.05, 4.69) is 44.2 Å². The molecule has 2 aromatic carbocycles. The molecule has 0 aliphatic heterocycles. The number of rotatable bonds is 9. The van der Waals surface area contributed by atoms with Crippen molar-refractivity contribution in [1.82, 2.24) is 0 Å². The van der Waals surface area contributed by atoms with Gasteiger partial charge in [-0.3, -0.25) is 4.79 Å². The minimum atomic E-state index is -0.142. The average Bonchev–Trinajstić information content (AvgIpc) is 2.72. The van der Waals surface area contributed by atoms with E-state index < -0.39 is 0 Å². The van der Waals surface area contributed by atoms with Crippen LogP contribution in [0, 0.1) is 5.92 Å². The third-order valence-corrected chi connectivity index (χ3v) is 5.91. The lowest BCUT2D eigenvalue weighted by molar-refractivity contribution is -0.134. The van der Waals surface area contributed by atoms with E-state index in [0.717, 1.165) is 18.8 Å². The Balaban J connectivity index is 1.61. The Labute approximate surface area is 170 Å². The van der Waals surface area contributed by atoms with Crippen LogP contribution in [0.3, 0.4) is 0 Å². The highest BCUT2D eigenvalue weighted by Crippen LogP contribution is 2.32. The van der Waals surface area contributed by atoms with Crippen molar-refractivity contribution in [3.05, 3.63) is 53.6 Å². The molecule has 0 amide bonds. The summed E-state index contributed by atoms with van der Waals surface area (Å²) in [4.78, 5) is 11.8. The van der Waals surface area contributed by atoms with Crippen molar-refractivity contribution >= 4 is 5.97 Å². The smallest absolute Gasteiger partial charge is 0.311 e. The van der Waals surface area contributed by atoms with E-state index in [1.165, 1.54) is 67.2 Å². The number of aryl methyl sites for hydroxylation is 1. The zero-order valence-corrected chi connectivity index (χ0v) is 17.5. The highest BCUT2D eigenvalue weighted by atomic mass is 16.5. The fourth-order valence-electron chi connectivity index (χ4n) is 4.16. The highest BCUT2D eigenvalue weighted by molar-refractivity contribution is 5.73. The topological polar surface area (TPSA) is 26.3 Å². The van der Waals surface area contributed by atoms with Gasteiger partial charge >= 0.3 is 5.97 Å². The molecule has 1 aliphatic carbocycles. The first-order valence-electron chi connectivity index (χ1n) is 11.1. The van der Waals surface area contributed by atoms with Crippen LogP contribution in [0.4, 0.5) is 0 Å². The van der Waals surface area contributed by atoms with Crippen LogP contribution in [-0.2, 0) is 17.6 Å². The molecule has 150 valence electrons. The molecule has 0 bridgehead atoms. The Hall–Kier alpha value is -2.09. The minimum absolute atomic E-state index is 0.142. The van der Waals surface area contributed by atoms with Crippen LogP contribution in [-0.4, -0.2) is 5.97 Å². The van der Waals surface area contributed by atoms with Crippen LogP contribution < -0.4 is 4.74 Å². The van der Waals surface area contributed by atoms with Crippen molar-refractivity contribution in [1.29, 1.82) is 0 Å². The molecule has 1 atom stereocenters. The summed E-state index contributed by atoms with van der Waals surface area (Å²) < 4.78 is 5.41. The summed E-state index contributed by atoms with van der Waals surface area (Å²) >= 11 is 0. The van der Waals surface area contributed by atoms with Gasteiger partial charge in [0.05, 0.1) is 0 Å². The number of ether oxygens (including phenoxy) is 1. The number of fused-ring (bicyclic) bond motifs is 1. The SMILES string of the molecule is CCCCCC1CCc2cc(-c3ccc(OC(=O)CCCC)cc3)ccc2C1. The normalized spacial score (nSPS) is 15.9. The highest BCUT2D eigenvalue weighted by Gasteiger charge is 2.18. The molecular weight excluding hydrogens is 344 g/mol. The predicted octanol–water partition coefficient (Wildman–Crippen LogP) is 7.13. The molecule has 0 radical (unpaired) electrons. The van der Waals surface area contributed by atoms with Crippen molar-refractivity contribution in [2.45, 2.75) is 78.1 Å². The van der Waals surface area contributed by atoms with Crippen LogP contribution >= 0.6 is 0 Å². The van der Waals surface area contributed by atoms with Gasteiger partial charge in [-0.25, -0.2) is 0 Å². The van der Waals surface area contributed by atoms with Crippen molar-refractivity contribution in [3.8, 4) is 16.9 Å². The predicted molar refractivity (Wildman–Crippen MR) is 117 cm³/mol. The molecule has 0 spiro atoms. The van der Waals surface area contributed by atoms with Gasteiger partial charge in [-0.1, -0.05) is 76.3 Å².